The number of aromatic nitrogens is 1. The molecule has 0 aliphatic carbocycles. The number of nitriles is 1. The maximum Gasteiger partial charge on any atom is 0.159 e. The molecule has 1 aromatic carbocycles. The maximum absolute atomic E-state index is 13.4. The van der Waals surface area contributed by atoms with E-state index in [1.807, 2.05) is 6.92 Å². The monoisotopic (exact) mass is 328 g/mol. The quantitative estimate of drug-likeness (QED) is 0.632. The van der Waals surface area contributed by atoms with Crippen molar-refractivity contribution >= 4 is 23.0 Å². The van der Waals surface area contributed by atoms with E-state index >= 15 is 0 Å². The largest absolute Gasteiger partial charge is 0.465 e. The lowest BCUT2D eigenvalue weighted by Crippen LogP contribution is -1.87. The Morgan fingerprint density at radius 2 is 2.13 bits per heavy atom. The molecule has 0 spiro atoms. The molecular weight excluding hydrogens is 318 g/mol. The highest BCUT2D eigenvalue weighted by molar-refractivity contribution is 7.13. The third-order valence-electron chi connectivity index (χ3n) is 3.17. The normalized spacial score (nSPS) is 11.5. The minimum absolute atomic E-state index is 0.349. The van der Waals surface area contributed by atoms with Gasteiger partial charge in [-0.1, -0.05) is 0 Å². The summed E-state index contributed by atoms with van der Waals surface area (Å²) in [5, 5.41) is 9.83. The average Bonchev–Trinajstić information content (AvgIpc) is 3.17. The first kappa shape index (κ1) is 15.1. The van der Waals surface area contributed by atoms with E-state index in [1.165, 1.54) is 23.7 Å². The van der Waals surface area contributed by atoms with Gasteiger partial charge in [-0.25, -0.2) is 13.8 Å². The van der Waals surface area contributed by atoms with E-state index < -0.39 is 11.6 Å². The number of allylic oxidation sites excluding steroid dienone is 1. The molecule has 0 aliphatic heterocycles. The Labute approximate surface area is 135 Å². The molecule has 23 heavy (non-hydrogen) atoms. The Morgan fingerprint density at radius 1 is 1.30 bits per heavy atom. The second kappa shape index (κ2) is 6.15. The van der Waals surface area contributed by atoms with E-state index in [-0.39, 0.29) is 0 Å². The van der Waals surface area contributed by atoms with E-state index in [4.69, 9.17) is 4.42 Å². The van der Waals surface area contributed by atoms with Gasteiger partial charge in [0.1, 0.15) is 16.8 Å². The Hall–Kier alpha value is -2.78. The second-order valence-corrected chi connectivity index (χ2v) is 5.94. The van der Waals surface area contributed by atoms with Crippen molar-refractivity contribution in [2.75, 3.05) is 0 Å². The van der Waals surface area contributed by atoms with Crippen LogP contribution in [0.15, 0.2) is 41.0 Å². The number of benzene rings is 1. The van der Waals surface area contributed by atoms with E-state index in [1.54, 1.807) is 18.2 Å². The molecule has 0 radical (unpaired) electrons. The van der Waals surface area contributed by atoms with Gasteiger partial charge in [0.2, 0.25) is 0 Å². The molecule has 3 nitrogen and oxygen atoms in total. The van der Waals surface area contributed by atoms with Gasteiger partial charge in [-0.3, -0.25) is 0 Å². The Bertz CT molecular complexity index is 921. The number of nitrogens with zero attached hydrogens (tertiary/aromatic N) is 2. The number of aryl methyl sites for hydroxylation is 1. The van der Waals surface area contributed by atoms with E-state index in [0.717, 1.165) is 17.0 Å². The van der Waals surface area contributed by atoms with Gasteiger partial charge in [-0.2, -0.15) is 5.26 Å². The third-order valence-corrected chi connectivity index (χ3v) is 4.17. The molecule has 0 unspecified atom stereocenters. The topological polar surface area (TPSA) is 49.8 Å². The number of furan rings is 1. The summed E-state index contributed by atoms with van der Waals surface area (Å²) in [7, 11) is 0. The first-order valence-corrected chi connectivity index (χ1v) is 7.48. The molecule has 2 aromatic heterocycles. The molecule has 6 heteroatoms. The number of hydrogen-bond donors (Lipinski definition) is 0. The van der Waals surface area contributed by atoms with Crippen LogP contribution in [-0.4, -0.2) is 4.98 Å². The average molecular weight is 328 g/mol. The van der Waals surface area contributed by atoms with Crippen molar-refractivity contribution in [3.63, 3.8) is 0 Å². The summed E-state index contributed by atoms with van der Waals surface area (Å²) in [4.78, 5) is 5.21. The molecule has 0 amide bonds. The first-order chi connectivity index (χ1) is 11.1. The van der Waals surface area contributed by atoms with Crippen LogP contribution in [0.2, 0.25) is 0 Å². The molecule has 0 aliphatic rings. The summed E-state index contributed by atoms with van der Waals surface area (Å²) in [6.07, 6.45) is 3.11. The van der Waals surface area contributed by atoms with Crippen LogP contribution in [0, 0.1) is 29.9 Å². The Balaban J connectivity index is 2.03. The molecule has 0 N–H and O–H groups in total. The van der Waals surface area contributed by atoms with Gasteiger partial charge in [-0.15, -0.1) is 11.3 Å². The van der Waals surface area contributed by atoms with Gasteiger partial charge in [0, 0.05) is 16.5 Å². The number of thiazole rings is 1. The highest BCUT2D eigenvalue weighted by Gasteiger charge is 2.15. The lowest BCUT2D eigenvalue weighted by atomic mass is 10.1. The third kappa shape index (κ3) is 3.05. The molecule has 0 saturated carbocycles. The van der Waals surface area contributed by atoms with E-state index in [9.17, 15) is 14.0 Å². The van der Waals surface area contributed by atoms with Crippen molar-refractivity contribution < 1.29 is 13.2 Å². The minimum atomic E-state index is -0.928. The number of rotatable bonds is 3. The van der Waals surface area contributed by atoms with Crippen LogP contribution in [0.25, 0.3) is 22.9 Å². The zero-order chi connectivity index (χ0) is 16.4. The smallest absolute Gasteiger partial charge is 0.159 e. The number of hydrogen-bond acceptors (Lipinski definition) is 4. The van der Waals surface area contributed by atoms with Gasteiger partial charge >= 0.3 is 0 Å². The predicted octanol–water partition coefficient (Wildman–Crippen LogP) is 5.05. The van der Waals surface area contributed by atoms with Crippen molar-refractivity contribution in [1.82, 2.24) is 4.98 Å². The van der Waals surface area contributed by atoms with Gasteiger partial charge in [0.25, 0.3) is 0 Å². The fourth-order valence-corrected chi connectivity index (χ4v) is 2.98. The zero-order valence-corrected chi connectivity index (χ0v) is 12.8. The number of halogens is 2. The van der Waals surface area contributed by atoms with Crippen molar-refractivity contribution in [1.29, 1.82) is 5.26 Å². The zero-order valence-electron chi connectivity index (χ0n) is 12.0. The molecule has 3 aromatic rings. The predicted molar refractivity (Wildman–Crippen MR) is 84.4 cm³/mol. The van der Waals surface area contributed by atoms with Gasteiger partial charge in [0.15, 0.2) is 11.6 Å². The molecule has 0 fully saturated rings. The molecular formula is C17H10F2N2OS. The van der Waals surface area contributed by atoms with E-state index in [0.29, 0.717) is 27.6 Å². The molecule has 114 valence electrons. The van der Waals surface area contributed by atoms with E-state index in [2.05, 4.69) is 11.1 Å². The van der Waals surface area contributed by atoms with Crippen molar-refractivity contribution in [3.8, 4) is 17.3 Å². The van der Waals surface area contributed by atoms with Crippen LogP contribution in [0.5, 0.6) is 0 Å². The molecule has 0 atom stereocenters. The summed E-state index contributed by atoms with van der Waals surface area (Å²) in [5.74, 6) is -1.29. The van der Waals surface area contributed by atoms with Crippen LogP contribution in [0.3, 0.4) is 0 Å². The van der Waals surface area contributed by atoms with Crippen molar-refractivity contribution in [3.05, 3.63) is 63.9 Å². The summed E-state index contributed by atoms with van der Waals surface area (Å²) < 4.78 is 31.7. The van der Waals surface area contributed by atoms with Crippen LogP contribution in [0.1, 0.15) is 15.6 Å². The Morgan fingerprint density at radius 3 is 2.78 bits per heavy atom. The van der Waals surface area contributed by atoms with Crippen LogP contribution in [-0.2, 0) is 0 Å². The molecule has 0 bridgehead atoms. The first-order valence-electron chi connectivity index (χ1n) is 6.67. The van der Waals surface area contributed by atoms with Crippen molar-refractivity contribution in [2.24, 2.45) is 0 Å². The summed E-state index contributed by atoms with van der Waals surface area (Å²) in [6.45, 7) is 1.82. The fraction of sp³-hybridized carbons (Fsp3) is 0.0588. The van der Waals surface area contributed by atoms with Gasteiger partial charge in [0.05, 0.1) is 17.5 Å². The SMILES string of the molecule is Cc1sc(/C(C#N)=C/c2ccco2)nc1-c1ccc(F)c(F)c1. The molecule has 0 saturated heterocycles. The molecule has 3 rings (SSSR count). The Kier molecular flexibility index (Phi) is 4.04. The maximum atomic E-state index is 13.4. The van der Waals surface area contributed by atoms with Crippen molar-refractivity contribution in [2.45, 2.75) is 6.92 Å². The lowest BCUT2D eigenvalue weighted by Gasteiger charge is -1.99. The highest BCUT2D eigenvalue weighted by Crippen LogP contribution is 2.32. The summed E-state index contributed by atoms with van der Waals surface area (Å²) in [5.41, 5.74) is 1.35. The minimum Gasteiger partial charge on any atom is -0.465 e. The van der Waals surface area contributed by atoms with Crippen LogP contribution >= 0.6 is 11.3 Å². The summed E-state index contributed by atoms with van der Waals surface area (Å²) in [6, 6.07) is 9.17. The lowest BCUT2D eigenvalue weighted by molar-refractivity contribution is 0.509. The fourth-order valence-electron chi connectivity index (χ4n) is 2.08. The second-order valence-electron chi connectivity index (χ2n) is 4.74. The summed E-state index contributed by atoms with van der Waals surface area (Å²) >= 11 is 1.31. The van der Waals surface area contributed by atoms with Crippen LogP contribution < -0.4 is 0 Å². The highest BCUT2D eigenvalue weighted by atomic mass is 32.1. The van der Waals surface area contributed by atoms with Gasteiger partial charge in [-0.05, 0) is 37.3 Å². The molecule has 2 heterocycles. The van der Waals surface area contributed by atoms with Crippen LogP contribution in [0.4, 0.5) is 8.78 Å². The standard InChI is InChI=1S/C17H10F2N2OS/c1-10-16(11-4-5-14(18)15(19)8-11)21-17(23-10)12(9-20)7-13-3-2-6-22-13/h2-8H,1H3/b12-7+. The van der Waals surface area contributed by atoms with Gasteiger partial charge < -0.3 is 4.42 Å².